The van der Waals surface area contributed by atoms with Crippen molar-refractivity contribution in [3.63, 3.8) is 0 Å². The Morgan fingerprint density at radius 1 is 1.57 bits per heavy atom. The number of pyridine rings is 1. The summed E-state index contributed by atoms with van der Waals surface area (Å²) in [6.07, 6.45) is 2.67. The standard InChI is InChI=1S/C10H15N3O/c1-10(4-5-14-7-10)13-9-3-2-8(11)6-12-9/h2-3,6H,4-5,7,11H2,1H3,(H,12,13). The van der Waals surface area contributed by atoms with Crippen LogP contribution in [0.3, 0.4) is 0 Å². The van der Waals surface area contributed by atoms with Crippen molar-refractivity contribution in [2.75, 3.05) is 24.3 Å². The van der Waals surface area contributed by atoms with Gasteiger partial charge in [0, 0.05) is 6.61 Å². The third-order valence-electron chi connectivity index (χ3n) is 2.44. The molecule has 14 heavy (non-hydrogen) atoms. The molecule has 0 amide bonds. The molecule has 0 aliphatic carbocycles. The molecule has 1 fully saturated rings. The second-order valence-electron chi connectivity index (χ2n) is 3.97. The Morgan fingerprint density at radius 2 is 2.43 bits per heavy atom. The highest BCUT2D eigenvalue weighted by atomic mass is 16.5. The maximum Gasteiger partial charge on any atom is 0.126 e. The van der Waals surface area contributed by atoms with Crippen LogP contribution in [0.2, 0.25) is 0 Å². The summed E-state index contributed by atoms with van der Waals surface area (Å²) in [5.41, 5.74) is 6.25. The van der Waals surface area contributed by atoms with Crippen molar-refractivity contribution in [3.8, 4) is 0 Å². The molecule has 4 heteroatoms. The first kappa shape index (κ1) is 9.27. The topological polar surface area (TPSA) is 60.2 Å². The van der Waals surface area contributed by atoms with Gasteiger partial charge in [-0.15, -0.1) is 0 Å². The largest absolute Gasteiger partial charge is 0.397 e. The van der Waals surface area contributed by atoms with Crippen LogP contribution in [0.15, 0.2) is 18.3 Å². The lowest BCUT2D eigenvalue weighted by Gasteiger charge is -2.24. The summed E-state index contributed by atoms with van der Waals surface area (Å²) in [6, 6.07) is 3.73. The highest BCUT2D eigenvalue weighted by Gasteiger charge is 2.29. The minimum absolute atomic E-state index is 0.0170. The number of hydrogen-bond acceptors (Lipinski definition) is 4. The molecule has 1 aromatic heterocycles. The number of nitrogens with two attached hydrogens (primary N) is 1. The van der Waals surface area contributed by atoms with Crippen LogP contribution in [-0.4, -0.2) is 23.7 Å². The van der Waals surface area contributed by atoms with Gasteiger partial charge in [-0.1, -0.05) is 0 Å². The van der Waals surface area contributed by atoms with Gasteiger partial charge in [-0.25, -0.2) is 4.98 Å². The molecule has 1 saturated heterocycles. The molecule has 0 aromatic carbocycles. The van der Waals surface area contributed by atoms with E-state index in [9.17, 15) is 0 Å². The number of ether oxygens (including phenoxy) is 1. The lowest BCUT2D eigenvalue weighted by Crippen LogP contribution is -2.35. The molecule has 1 unspecified atom stereocenters. The van der Waals surface area contributed by atoms with Crippen LogP contribution in [0.25, 0.3) is 0 Å². The molecule has 4 nitrogen and oxygen atoms in total. The molecule has 0 saturated carbocycles. The number of nitrogens with one attached hydrogen (secondary N) is 1. The maximum atomic E-state index is 5.55. The summed E-state index contributed by atoms with van der Waals surface area (Å²) in [5.74, 6) is 0.854. The van der Waals surface area contributed by atoms with Gasteiger partial charge in [0.15, 0.2) is 0 Å². The average molecular weight is 193 g/mol. The van der Waals surface area contributed by atoms with Crippen LogP contribution < -0.4 is 11.1 Å². The Labute approximate surface area is 83.5 Å². The lowest BCUT2D eigenvalue weighted by molar-refractivity contribution is 0.185. The van der Waals surface area contributed by atoms with Crippen LogP contribution >= 0.6 is 0 Å². The Balaban J connectivity index is 2.06. The van der Waals surface area contributed by atoms with Crippen molar-refractivity contribution in [3.05, 3.63) is 18.3 Å². The molecular formula is C10H15N3O. The van der Waals surface area contributed by atoms with Gasteiger partial charge in [0.2, 0.25) is 0 Å². The van der Waals surface area contributed by atoms with Gasteiger partial charge in [0.1, 0.15) is 5.82 Å². The SMILES string of the molecule is CC1(Nc2ccc(N)cn2)CCOC1. The van der Waals surface area contributed by atoms with Crippen LogP contribution in [0.1, 0.15) is 13.3 Å². The van der Waals surface area contributed by atoms with Crippen LogP contribution in [0, 0.1) is 0 Å². The van der Waals surface area contributed by atoms with Gasteiger partial charge in [-0.05, 0) is 25.5 Å². The van der Waals surface area contributed by atoms with Gasteiger partial charge < -0.3 is 15.8 Å². The van der Waals surface area contributed by atoms with Crippen LogP contribution in [0.4, 0.5) is 11.5 Å². The first-order valence-electron chi connectivity index (χ1n) is 4.75. The van der Waals surface area contributed by atoms with Crippen molar-refractivity contribution in [1.82, 2.24) is 4.98 Å². The number of nitrogens with zero attached hydrogens (tertiary/aromatic N) is 1. The van der Waals surface area contributed by atoms with Gasteiger partial charge in [0.25, 0.3) is 0 Å². The summed E-state index contributed by atoms with van der Waals surface area (Å²) in [7, 11) is 0. The molecule has 0 bridgehead atoms. The highest BCUT2D eigenvalue weighted by molar-refractivity contribution is 5.45. The fourth-order valence-electron chi connectivity index (χ4n) is 1.55. The fourth-order valence-corrected chi connectivity index (χ4v) is 1.55. The molecule has 1 aromatic rings. The molecule has 0 radical (unpaired) electrons. The summed E-state index contributed by atoms with van der Waals surface area (Å²) < 4.78 is 5.34. The monoisotopic (exact) mass is 193 g/mol. The minimum atomic E-state index is 0.0170. The van der Waals surface area contributed by atoms with E-state index >= 15 is 0 Å². The molecule has 1 atom stereocenters. The number of aromatic nitrogens is 1. The van der Waals surface area contributed by atoms with Crippen molar-refractivity contribution < 1.29 is 4.74 Å². The zero-order valence-electron chi connectivity index (χ0n) is 8.29. The van der Waals surface area contributed by atoms with E-state index in [-0.39, 0.29) is 5.54 Å². The number of rotatable bonds is 2. The molecule has 1 aliphatic heterocycles. The van der Waals surface area contributed by atoms with E-state index in [1.807, 2.05) is 12.1 Å². The van der Waals surface area contributed by atoms with Gasteiger partial charge in [-0.3, -0.25) is 0 Å². The molecule has 76 valence electrons. The first-order valence-corrected chi connectivity index (χ1v) is 4.75. The third-order valence-corrected chi connectivity index (χ3v) is 2.44. The number of nitrogen functional groups attached to an aromatic ring is 1. The van der Waals surface area contributed by atoms with Gasteiger partial charge in [-0.2, -0.15) is 0 Å². The number of anilines is 2. The quantitative estimate of drug-likeness (QED) is 0.742. The normalized spacial score (nSPS) is 26.4. The zero-order chi connectivity index (χ0) is 10.0. The molecule has 3 N–H and O–H groups in total. The van der Waals surface area contributed by atoms with Crippen molar-refractivity contribution in [2.24, 2.45) is 0 Å². The Kier molecular flexibility index (Phi) is 2.29. The van der Waals surface area contributed by atoms with Gasteiger partial charge >= 0.3 is 0 Å². The molecule has 0 spiro atoms. The smallest absolute Gasteiger partial charge is 0.126 e. The number of hydrogen-bond donors (Lipinski definition) is 2. The molecule has 2 rings (SSSR count). The maximum absolute atomic E-state index is 5.55. The minimum Gasteiger partial charge on any atom is -0.397 e. The summed E-state index contributed by atoms with van der Waals surface area (Å²) in [5, 5.41) is 3.35. The summed E-state index contributed by atoms with van der Waals surface area (Å²) in [4.78, 5) is 4.20. The van der Waals surface area contributed by atoms with E-state index in [2.05, 4.69) is 17.2 Å². The molecule has 2 heterocycles. The van der Waals surface area contributed by atoms with Crippen molar-refractivity contribution >= 4 is 11.5 Å². The second-order valence-corrected chi connectivity index (χ2v) is 3.97. The van der Waals surface area contributed by atoms with E-state index in [1.54, 1.807) is 6.20 Å². The van der Waals surface area contributed by atoms with Crippen molar-refractivity contribution in [1.29, 1.82) is 0 Å². The first-order chi connectivity index (χ1) is 6.68. The highest BCUT2D eigenvalue weighted by Crippen LogP contribution is 2.22. The predicted octanol–water partition coefficient (Wildman–Crippen LogP) is 1.25. The van der Waals surface area contributed by atoms with E-state index in [0.717, 1.165) is 25.5 Å². The average Bonchev–Trinajstić information content (AvgIpc) is 2.57. The lowest BCUT2D eigenvalue weighted by atomic mass is 10.0. The summed E-state index contributed by atoms with van der Waals surface area (Å²) >= 11 is 0. The Hall–Kier alpha value is -1.29. The van der Waals surface area contributed by atoms with E-state index in [4.69, 9.17) is 10.5 Å². The molecule has 1 aliphatic rings. The van der Waals surface area contributed by atoms with Crippen LogP contribution in [-0.2, 0) is 4.74 Å². The predicted molar refractivity (Wildman–Crippen MR) is 56.1 cm³/mol. The fraction of sp³-hybridized carbons (Fsp3) is 0.500. The zero-order valence-corrected chi connectivity index (χ0v) is 8.29. The van der Waals surface area contributed by atoms with Crippen LogP contribution in [0.5, 0.6) is 0 Å². The Morgan fingerprint density at radius 3 is 3.00 bits per heavy atom. The second kappa shape index (κ2) is 3.46. The Bertz CT molecular complexity index is 304. The van der Waals surface area contributed by atoms with Gasteiger partial charge in [0.05, 0.1) is 24.0 Å². The summed E-state index contributed by atoms with van der Waals surface area (Å²) in [6.45, 7) is 3.69. The van der Waals surface area contributed by atoms with E-state index < -0.39 is 0 Å². The third kappa shape index (κ3) is 1.96. The van der Waals surface area contributed by atoms with E-state index in [1.165, 1.54) is 0 Å². The van der Waals surface area contributed by atoms with E-state index in [0.29, 0.717) is 5.69 Å². The van der Waals surface area contributed by atoms with Crippen molar-refractivity contribution in [2.45, 2.75) is 18.9 Å². The molecular weight excluding hydrogens is 178 g/mol.